The fourth-order valence-corrected chi connectivity index (χ4v) is 5.05. The van der Waals surface area contributed by atoms with Gasteiger partial charge in [-0.1, -0.05) is 17.7 Å². The largest absolute Gasteiger partial charge is 0.354 e. The van der Waals surface area contributed by atoms with Gasteiger partial charge in [0.1, 0.15) is 17.5 Å². The second-order valence-corrected chi connectivity index (χ2v) is 9.37. The highest BCUT2D eigenvalue weighted by Crippen LogP contribution is 2.25. The van der Waals surface area contributed by atoms with E-state index in [0.717, 1.165) is 17.2 Å². The molecule has 4 rings (SSSR count). The van der Waals surface area contributed by atoms with Crippen molar-refractivity contribution in [3.63, 3.8) is 0 Å². The molecule has 1 aromatic carbocycles. The minimum absolute atomic E-state index is 0.231. The van der Waals surface area contributed by atoms with Crippen LogP contribution in [-0.4, -0.2) is 53.4 Å². The van der Waals surface area contributed by atoms with E-state index in [9.17, 15) is 8.42 Å². The number of piperazine rings is 1. The van der Waals surface area contributed by atoms with Gasteiger partial charge in [-0.25, -0.2) is 18.4 Å². The molecule has 1 fully saturated rings. The first kappa shape index (κ1) is 19.9. The van der Waals surface area contributed by atoms with Crippen LogP contribution >= 0.6 is 11.6 Å². The summed E-state index contributed by atoms with van der Waals surface area (Å²) in [7, 11) is -3.57. The van der Waals surface area contributed by atoms with E-state index in [-0.39, 0.29) is 4.90 Å². The number of rotatable bonds is 4. The quantitative estimate of drug-likeness (QED) is 0.634. The van der Waals surface area contributed by atoms with Gasteiger partial charge in [0.25, 0.3) is 0 Å². The van der Waals surface area contributed by atoms with E-state index in [0.29, 0.717) is 37.0 Å². The Hall–Kier alpha value is -2.42. The molecular weight excluding hydrogens is 410 g/mol. The van der Waals surface area contributed by atoms with Crippen molar-refractivity contribution < 1.29 is 8.42 Å². The summed E-state index contributed by atoms with van der Waals surface area (Å²) < 4.78 is 29.4. The van der Waals surface area contributed by atoms with E-state index < -0.39 is 10.0 Å². The monoisotopic (exact) mass is 431 g/mol. The molecule has 7 nitrogen and oxygen atoms in total. The van der Waals surface area contributed by atoms with Crippen LogP contribution in [0.25, 0.3) is 5.82 Å². The highest BCUT2D eigenvalue weighted by molar-refractivity contribution is 7.89. The molecular formula is C20H22ClN5O2S. The van der Waals surface area contributed by atoms with Gasteiger partial charge in [0, 0.05) is 49.7 Å². The van der Waals surface area contributed by atoms with Crippen LogP contribution in [0.15, 0.2) is 53.7 Å². The van der Waals surface area contributed by atoms with Gasteiger partial charge in [0.15, 0.2) is 0 Å². The first-order valence-corrected chi connectivity index (χ1v) is 11.2. The summed E-state index contributed by atoms with van der Waals surface area (Å²) in [4.78, 5) is 11.4. The SMILES string of the molecule is Cc1nc(N2CCN(S(=O)(=O)c3ccc(C)c(Cl)c3)CC2)cc(-n2cccc2)n1. The van der Waals surface area contributed by atoms with Crippen LogP contribution in [0.2, 0.25) is 5.02 Å². The number of aryl methyl sites for hydroxylation is 2. The molecule has 1 aliphatic rings. The predicted octanol–water partition coefficient (Wildman–Crippen LogP) is 3.05. The zero-order chi connectivity index (χ0) is 20.6. The van der Waals surface area contributed by atoms with Gasteiger partial charge in [-0.3, -0.25) is 0 Å². The molecule has 0 unspecified atom stereocenters. The van der Waals surface area contributed by atoms with Crippen LogP contribution in [0.5, 0.6) is 0 Å². The number of hydrogen-bond acceptors (Lipinski definition) is 5. The van der Waals surface area contributed by atoms with E-state index in [1.54, 1.807) is 12.1 Å². The normalized spacial score (nSPS) is 15.6. The minimum Gasteiger partial charge on any atom is -0.354 e. The molecule has 29 heavy (non-hydrogen) atoms. The first-order valence-electron chi connectivity index (χ1n) is 9.35. The van der Waals surface area contributed by atoms with Gasteiger partial charge in [-0.05, 0) is 43.7 Å². The van der Waals surface area contributed by atoms with Crippen LogP contribution in [0, 0.1) is 13.8 Å². The number of anilines is 1. The van der Waals surface area contributed by atoms with Crippen LogP contribution in [0.3, 0.4) is 0 Å². The summed E-state index contributed by atoms with van der Waals surface area (Å²) in [5.41, 5.74) is 0.855. The Kier molecular flexibility index (Phi) is 5.33. The molecule has 3 heterocycles. The third kappa shape index (κ3) is 4.01. The Morgan fingerprint density at radius 1 is 0.931 bits per heavy atom. The fraction of sp³-hybridized carbons (Fsp3) is 0.300. The van der Waals surface area contributed by atoms with Crippen LogP contribution in [0.1, 0.15) is 11.4 Å². The number of halogens is 1. The highest BCUT2D eigenvalue weighted by Gasteiger charge is 2.29. The number of sulfonamides is 1. The fourth-order valence-electron chi connectivity index (χ4n) is 3.36. The molecule has 0 radical (unpaired) electrons. The van der Waals surface area contributed by atoms with Crippen molar-refractivity contribution in [3.05, 3.63) is 65.2 Å². The van der Waals surface area contributed by atoms with Gasteiger partial charge >= 0.3 is 0 Å². The molecule has 9 heteroatoms. The lowest BCUT2D eigenvalue weighted by atomic mass is 10.2. The maximum Gasteiger partial charge on any atom is 0.243 e. The molecule has 152 valence electrons. The molecule has 0 saturated carbocycles. The average Bonchev–Trinajstić information content (AvgIpc) is 3.24. The standard InChI is InChI=1S/C20H22ClN5O2S/c1-15-5-6-17(13-18(15)21)29(27,28)26-11-9-25(10-12-26)20-14-19(22-16(2)23-20)24-7-3-4-8-24/h3-8,13-14H,9-12H2,1-2H3. The zero-order valence-corrected chi connectivity index (χ0v) is 17.9. The molecule has 3 aromatic rings. The molecule has 2 aromatic heterocycles. The maximum atomic E-state index is 13.0. The molecule has 0 spiro atoms. The van der Waals surface area contributed by atoms with E-state index in [2.05, 4.69) is 14.9 Å². The molecule has 0 N–H and O–H groups in total. The minimum atomic E-state index is -3.57. The third-order valence-electron chi connectivity index (χ3n) is 5.02. The molecule has 0 bridgehead atoms. The van der Waals surface area contributed by atoms with Crippen molar-refractivity contribution in [1.29, 1.82) is 0 Å². The molecule has 0 amide bonds. The van der Waals surface area contributed by atoms with Gasteiger partial charge in [-0.15, -0.1) is 0 Å². The Morgan fingerprint density at radius 2 is 1.59 bits per heavy atom. The Labute approximate surface area is 175 Å². The van der Waals surface area contributed by atoms with E-state index in [1.165, 1.54) is 10.4 Å². The molecule has 0 atom stereocenters. The molecule has 1 aliphatic heterocycles. The smallest absolute Gasteiger partial charge is 0.243 e. The summed E-state index contributed by atoms with van der Waals surface area (Å²) in [5.74, 6) is 2.27. The summed E-state index contributed by atoms with van der Waals surface area (Å²) in [6, 6.07) is 10.7. The Morgan fingerprint density at radius 3 is 2.24 bits per heavy atom. The summed E-state index contributed by atoms with van der Waals surface area (Å²) >= 11 is 6.13. The second-order valence-electron chi connectivity index (χ2n) is 7.02. The van der Waals surface area contributed by atoms with Crippen LogP contribution < -0.4 is 4.90 Å². The van der Waals surface area contributed by atoms with Gasteiger partial charge in [-0.2, -0.15) is 4.31 Å². The predicted molar refractivity (Wildman–Crippen MR) is 113 cm³/mol. The van der Waals surface area contributed by atoms with Gasteiger partial charge < -0.3 is 9.47 Å². The summed E-state index contributed by atoms with van der Waals surface area (Å²) in [6.45, 7) is 5.59. The van der Waals surface area contributed by atoms with Gasteiger partial charge in [0.2, 0.25) is 10.0 Å². The first-order chi connectivity index (χ1) is 13.8. The van der Waals surface area contributed by atoms with Crippen molar-refractivity contribution in [2.45, 2.75) is 18.7 Å². The van der Waals surface area contributed by atoms with Crippen molar-refractivity contribution >= 4 is 27.4 Å². The van der Waals surface area contributed by atoms with Crippen LogP contribution in [0.4, 0.5) is 5.82 Å². The van der Waals surface area contributed by atoms with Crippen molar-refractivity contribution in [1.82, 2.24) is 18.8 Å². The van der Waals surface area contributed by atoms with Crippen LogP contribution in [-0.2, 0) is 10.0 Å². The maximum absolute atomic E-state index is 13.0. The zero-order valence-electron chi connectivity index (χ0n) is 16.3. The Balaban J connectivity index is 1.52. The van der Waals surface area contributed by atoms with E-state index in [4.69, 9.17) is 11.6 Å². The van der Waals surface area contributed by atoms with E-state index in [1.807, 2.05) is 49.0 Å². The lowest BCUT2D eigenvalue weighted by Gasteiger charge is -2.34. The highest BCUT2D eigenvalue weighted by atomic mass is 35.5. The summed E-state index contributed by atoms with van der Waals surface area (Å²) in [6.07, 6.45) is 3.87. The van der Waals surface area contributed by atoms with Crippen molar-refractivity contribution in [3.8, 4) is 5.82 Å². The lowest BCUT2D eigenvalue weighted by molar-refractivity contribution is 0.383. The Bertz CT molecular complexity index is 1120. The third-order valence-corrected chi connectivity index (χ3v) is 7.33. The summed E-state index contributed by atoms with van der Waals surface area (Å²) in [5, 5.41) is 0.457. The van der Waals surface area contributed by atoms with E-state index >= 15 is 0 Å². The number of benzene rings is 1. The topological polar surface area (TPSA) is 71.3 Å². The molecule has 1 saturated heterocycles. The number of hydrogen-bond donors (Lipinski definition) is 0. The van der Waals surface area contributed by atoms with Crippen molar-refractivity contribution in [2.75, 3.05) is 31.1 Å². The molecule has 0 aliphatic carbocycles. The van der Waals surface area contributed by atoms with Crippen molar-refractivity contribution in [2.24, 2.45) is 0 Å². The number of aromatic nitrogens is 3. The lowest BCUT2D eigenvalue weighted by Crippen LogP contribution is -2.49. The average molecular weight is 432 g/mol. The van der Waals surface area contributed by atoms with Gasteiger partial charge in [0.05, 0.1) is 4.90 Å². The number of nitrogens with zero attached hydrogens (tertiary/aromatic N) is 5. The second kappa shape index (κ2) is 7.78.